The molecule has 0 heterocycles. The molecule has 0 saturated carbocycles. The minimum absolute atomic E-state index is 0.00525. The zero-order valence-corrected chi connectivity index (χ0v) is 15.6. The lowest BCUT2D eigenvalue weighted by molar-refractivity contribution is -0.145. The van der Waals surface area contributed by atoms with Gasteiger partial charge in [-0.3, -0.25) is 0 Å². The number of methoxy groups -OCH3 is 1. The summed E-state index contributed by atoms with van der Waals surface area (Å²) in [6.45, 7) is 5.75. The van der Waals surface area contributed by atoms with Gasteiger partial charge >= 0.3 is 12.0 Å². The molecule has 0 aliphatic rings. The molecule has 6 nitrogen and oxygen atoms in total. The topological polar surface area (TPSA) is 76.7 Å². The Morgan fingerprint density at radius 3 is 2.46 bits per heavy atom. The number of esters is 1. The Morgan fingerprint density at radius 2 is 1.92 bits per heavy atom. The minimum atomic E-state index is -0.907. The van der Waals surface area contributed by atoms with Crippen LogP contribution in [0.1, 0.15) is 26.3 Å². The molecular weight excluding hydrogens is 355 g/mol. The van der Waals surface area contributed by atoms with Gasteiger partial charge in [0.15, 0.2) is 6.04 Å². The number of amides is 2. The van der Waals surface area contributed by atoms with Gasteiger partial charge in [0, 0.05) is 16.6 Å². The van der Waals surface area contributed by atoms with Crippen molar-refractivity contribution in [1.29, 1.82) is 0 Å². The third-order valence-electron chi connectivity index (χ3n) is 2.93. The molecule has 0 fully saturated rings. The average Bonchev–Trinajstić information content (AvgIpc) is 2.48. The number of urea groups is 1. The lowest BCUT2D eigenvalue weighted by atomic mass is 10.2. The third-order valence-corrected chi connectivity index (χ3v) is 3.52. The Morgan fingerprint density at radius 1 is 1.25 bits per heavy atom. The van der Waals surface area contributed by atoms with Crippen molar-refractivity contribution < 1.29 is 19.1 Å². The SMILES string of the molecule is COC(=O)C(COC(C)(C)C)NC(=O)NCc1ccc(Cl)cc1Cl. The van der Waals surface area contributed by atoms with Crippen LogP contribution in [-0.4, -0.2) is 37.4 Å². The van der Waals surface area contributed by atoms with Gasteiger partial charge in [-0.25, -0.2) is 9.59 Å². The molecule has 1 aromatic rings. The summed E-state index contributed by atoms with van der Waals surface area (Å²) >= 11 is 11.9. The van der Waals surface area contributed by atoms with Crippen LogP contribution in [0.15, 0.2) is 18.2 Å². The number of nitrogens with one attached hydrogen (secondary N) is 2. The van der Waals surface area contributed by atoms with Gasteiger partial charge in [-0.1, -0.05) is 29.3 Å². The number of hydrogen-bond donors (Lipinski definition) is 2. The van der Waals surface area contributed by atoms with E-state index in [1.54, 1.807) is 18.2 Å². The number of halogens is 2. The first-order valence-corrected chi connectivity index (χ1v) is 8.08. The summed E-state index contributed by atoms with van der Waals surface area (Å²) in [6, 6.07) is 3.54. The summed E-state index contributed by atoms with van der Waals surface area (Å²) in [4.78, 5) is 23.7. The number of rotatable bonds is 6. The highest BCUT2D eigenvalue weighted by atomic mass is 35.5. The van der Waals surface area contributed by atoms with Crippen LogP contribution in [0.25, 0.3) is 0 Å². The van der Waals surface area contributed by atoms with E-state index in [0.717, 1.165) is 0 Å². The molecule has 2 N–H and O–H groups in total. The maximum Gasteiger partial charge on any atom is 0.330 e. The van der Waals surface area contributed by atoms with Crippen molar-refractivity contribution in [2.75, 3.05) is 13.7 Å². The van der Waals surface area contributed by atoms with E-state index in [-0.39, 0.29) is 13.2 Å². The third kappa shape index (κ3) is 7.38. The summed E-state index contributed by atoms with van der Waals surface area (Å²) in [6.07, 6.45) is 0. The van der Waals surface area contributed by atoms with Crippen molar-refractivity contribution in [1.82, 2.24) is 10.6 Å². The van der Waals surface area contributed by atoms with Crippen LogP contribution in [0.4, 0.5) is 4.79 Å². The average molecular weight is 377 g/mol. The summed E-state index contributed by atoms with van der Waals surface area (Å²) in [7, 11) is 1.25. The second kappa shape index (κ2) is 9.11. The second-order valence-electron chi connectivity index (χ2n) is 6.06. The number of carbonyl (C=O) groups excluding carboxylic acids is 2. The molecule has 0 bridgehead atoms. The van der Waals surface area contributed by atoms with Crippen molar-refractivity contribution in [2.45, 2.75) is 39.0 Å². The summed E-state index contributed by atoms with van der Waals surface area (Å²) < 4.78 is 10.2. The first-order valence-electron chi connectivity index (χ1n) is 7.32. The number of hydrogen-bond acceptors (Lipinski definition) is 4. The van der Waals surface area contributed by atoms with Crippen molar-refractivity contribution in [3.8, 4) is 0 Å². The lowest BCUT2D eigenvalue weighted by Crippen LogP contribution is -2.49. The summed E-state index contributed by atoms with van der Waals surface area (Å²) in [5.41, 5.74) is 0.262. The Bertz CT molecular complexity index is 588. The Labute approximate surface area is 151 Å². The van der Waals surface area contributed by atoms with E-state index in [9.17, 15) is 9.59 Å². The van der Waals surface area contributed by atoms with Crippen LogP contribution in [0.3, 0.4) is 0 Å². The maximum atomic E-state index is 12.0. The molecule has 0 saturated heterocycles. The zero-order chi connectivity index (χ0) is 18.3. The molecule has 1 aromatic carbocycles. The van der Waals surface area contributed by atoms with Crippen LogP contribution in [0.2, 0.25) is 10.0 Å². The van der Waals surface area contributed by atoms with Gasteiger partial charge in [-0.05, 0) is 38.5 Å². The van der Waals surface area contributed by atoms with E-state index in [2.05, 4.69) is 15.4 Å². The molecule has 1 rings (SSSR count). The molecule has 134 valence electrons. The Balaban J connectivity index is 2.59. The smallest absolute Gasteiger partial charge is 0.330 e. The highest BCUT2D eigenvalue weighted by Gasteiger charge is 2.24. The molecule has 0 aliphatic carbocycles. The minimum Gasteiger partial charge on any atom is -0.467 e. The normalized spacial score (nSPS) is 12.4. The number of carbonyl (C=O) groups is 2. The van der Waals surface area contributed by atoms with E-state index in [4.69, 9.17) is 27.9 Å². The van der Waals surface area contributed by atoms with E-state index in [1.165, 1.54) is 7.11 Å². The quantitative estimate of drug-likeness (QED) is 0.747. The van der Waals surface area contributed by atoms with Crippen molar-refractivity contribution >= 4 is 35.2 Å². The van der Waals surface area contributed by atoms with Crippen molar-refractivity contribution in [2.24, 2.45) is 0 Å². The maximum absolute atomic E-state index is 12.0. The standard InChI is InChI=1S/C16H22Cl2N2O4/c1-16(2,3)24-9-13(14(21)23-4)20-15(22)19-8-10-5-6-11(17)7-12(10)18/h5-7,13H,8-9H2,1-4H3,(H2,19,20,22). The van der Waals surface area contributed by atoms with Gasteiger partial charge in [-0.15, -0.1) is 0 Å². The summed E-state index contributed by atoms with van der Waals surface area (Å²) in [5.74, 6) is -0.584. The van der Waals surface area contributed by atoms with E-state index < -0.39 is 23.6 Å². The van der Waals surface area contributed by atoms with Crippen LogP contribution in [0.5, 0.6) is 0 Å². The number of ether oxygens (including phenoxy) is 2. The predicted octanol–water partition coefficient (Wildman–Crippen LogP) is 3.15. The van der Waals surface area contributed by atoms with Gasteiger partial charge in [0.2, 0.25) is 0 Å². The molecule has 1 unspecified atom stereocenters. The lowest BCUT2D eigenvalue weighted by Gasteiger charge is -2.24. The van der Waals surface area contributed by atoms with Crippen LogP contribution in [-0.2, 0) is 20.8 Å². The van der Waals surface area contributed by atoms with Crippen LogP contribution >= 0.6 is 23.2 Å². The molecule has 0 spiro atoms. The fourth-order valence-corrected chi connectivity index (χ4v) is 2.17. The highest BCUT2D eigenvalue weighted by Crippen LogP contribution is 2.20. The fraction of sp³-hybridized carbons (Fsp3) is 0.500. The first-order chi connectivity index (χ1) is 11.1. The van der Waals surface area contributed by atoms with Crippen molar-refractivity contribution in [3.05, 3.63) is 33.8 Å². The largest absolute Gasteiger partial charge is 0.467 e. The first kappa shape index (κ1) is 20.5. The zero-order valence-electron chi connectivity index (χ0n) is 14.1. The molecule has 2 amide bonds. The van der Waals surface area contributed by atoms with Crippen LogP contribution in [0, 0.1) is 0 Å². The fourth-order valence-electron chi connectivity index (χ4n) is 1.69. The van der Waals surface area contributed by atoms with E-state index >= 15 is 0 Å². The van der Waals surface area contributed by atoms with E-state index in [0.29, 0.717) is 15.6 Å². The Hall–Kier alpha value is -1.50. The Kier molecular flexibility index (Phi) is 7.79. The molecule has 24 heavy (non-hydrogen) atoms. The van der Waals surface area contributed by atoms with Gasteiger partial charge in [-0.2, -0.15) is 0 Å². The monoisotopic (exact) mass is 376 g/mol. The molecule has 0 aliphatic heterocycles. The predicted molar refractivity (Wildman–Crippen MR) is 93.3 cm³/mol. The van der Waals surface area contributed by atoms with Gasteiger partial charge in [0.1, 0.15) is 0 Å². The van der Waals surface area contributed by atoms with Gasteiger partial charge in [0.05, 0.1) is 19.3 Å². The molecule has 0 radical (unpaired) electrons. The van der Waals surface area contributed by atoms with E-state index in [1.807, 2.05) is 20.8 Å². The second-order valence-corrected chi connectivity index (χ2v) is 6.91. The van der Waals surface area contributed by atoms with Crippen LogP contribution < -0.4 is 10.6 Å². The van der Waals surface area contributed by atoms with Gasteiger partial charge < -0.3 is 20.1 Å². The summed E-state index contributed by atoms with van der Waals surface area (Å²) in [5, 5.41) is 6.11. The molecule has 0 aromatic heterocycles. The highest BCUT2D eigenvalue weighted by molar-refractivity contribution is 6.35. The molecular formula is C16H22Cl2N2O4. The van der Waals surface area contributed by atoms with Crippen molar-refractivity contribution in [3.63, 3.8) is 0 Å². The van der Waals surface area contributed by atoms with Gasteiger partial charge in [0.25, 0.3) is 0 Å². The number of benzene rings is 1. The molecule has 8 heteroatoms. The molecule has 1 atom stereocenters.